The lowest BCUT2D eigenvalue weighted by Crippen LogP contribution is -2.28. The van der Waals surface area contributed by atoms with Crippen LogP contribution in [0.5, 0.6) is 0 Å². The fraction of sp³-hybridized carbons (Fsp3) is 0.462. The lowest BCUT2D eigenvalue weighted by atomic mass is 10.3. The molecule has 0 radical (unpaired) electrons. The first kappa shape index (κ1) is 12.0. The van der Waals surface area contributed by atoms with Gasteiger partial charge in [0, 0.05) is 19.3 Å². The Balaban J connectivity index is 1.73. The first-order valence-corrected chi connectivity index (χ1v) is 6.45. The normalized spacial score (nSPS) is 14.6. The molecule has 1 aliphatic rings. The highest BCUT2D eigenvalue weighted by molar-refractivity contribution is 5.92. The number of aromatic amines is 1. The molecule has 1 saturated carbocycles. The van der Waals surface area contributed by atoms with Crippen molar-refractivity contribution in [2.24, 2.45) is 0 Å². The molecule has 2 aromatic heterocycles. The number of carbonyl (C=O) groups is 1. The highest BCUT2D eigenvalue weighted by Crippen LogP contribution is 2.36. The zero-order valence-corrected chi connectivity index (χ0v) is 11.1. The zero-order valence-electron chi connectivity index (χ0n) is 11.1. The first-order valence-electron chi connectivity index (χ1n) is 6.45. The van der Waals surface area contributed by atoms with Gasteiger partial charge in [0.1, 0.15) is 11.5 Å². The standard InChI is InChI=1S/C13H17N5O/c1-9-14-12(16-15-9)8-17(2)13(19)11-4-3-7-18(11)10-5-6-10/h3-4,7,10H,5-6,8H2,1-2H3,(H,14,15,16). The third kappa shape index (κ3) is 2.38. The molecular formula is C13H17N5O. The molecule has 1 N–H and O–H groups in total. The van der Waals surface area contributed by atoms with Crippen molar-refractivity contribution in [3.8, 4) is 0 Å². The summed E-state index contributed by atoms with van der Waals surface area (Å²) in [6, 6.07) is 4.31. The van der Waals surface area contributed by atoms with Crippen LogP contribution in [0.4, 0.5) is 0 Å². The first-order chi connectivity index (χ1) is 9.15. The number of H-pyrrole nitrogens is 1. The third-order valence-electron chi connectivity index (χ3n) is 3.31. The SMILES string of the molecule is Cc1nc(CN(C)C(=O)c2cccn2C2CC2)n[nH]1. The van der Waals surface area contributed by atoms with Crippen LogP contribution in [-0.4, -0.2) is 37.6 Å². The summed E-state index contributed by atoms with van der Waals surface area (Å²) in [5, 5.41) is 6.84. The van der Waals surface area contributed by atoms with Crippen LogP contribution in [0.3, 0.4) is 0 Å². The number of nitrogens with one attached hydrogen (secondary N) is 1. The van der Waals surface area contributed by atoms with E-state index in [0.717, 1.165) is 11.5 Å². The molecule has 0 aromatic carbocycles. The average Bonchev–Trinajstić information content (AvgIpc) is 2.97. The predicted octanol–water partition coefficient (Wildman–Crippen LogP) is 1.52. The topological polar surface area (TPSA) is 66.8 Å². The second kappa shape index (κ2) is 4.53. The molecule has 2 aromatic rings. The van der Waals surface area contributed by atoms with Gasteiger partial charge in [0.05, 0.1) is 6.54 Å². The summed E-state index contributed by atoms with van der Waals surface area (Å²) >= 11 is 0. The van der Waals surface area contributed by atoms with E-state index in [2.05, 4.69) is 19.7 Å². The van der Waals surface area contributed by atoms with Gasteiger partial charge in [-0.15, -0.1) is 0 Å². The predicted molar refractivity (Wildman–Crippen MR) is 69.6 cm³/mol. The van der Waals surface area contributed by atoms with E-state index >= 15 is 0 Å². The Labute approximate surface area is 111 Å². The minimum Gasteiger partial charge on any atom is -0.340 e. The van der Waals surface area contributed by atoms with Gasteiger partial charge >= 0.3 is 0 Å². The fourth-order valence-corrected chi connectivity index (χ4v) is 2.19. The maximum Gasteiger partial charge on any atom is 0.270 e. The Kier molecular flexibility index (Phi) is 2.85. The molecule has 100 valence electrons. The molecule has 2 heterocycles. The van der Waals surface area contributed by atoms with E-state index < -0.39 is 0 Å². The molecular weight excluding hydrogens is 242 g/mol. The van der Waals surface area contributed by atoms with Crippen LogP contribution in [0.25, 0.3) is 0 Å². The van der Waals surface area contributed by atoms with Crippen molar-refractivity contribution in [3.05, 3.63) is 35.7 Å². The smallest absolute Gasteiger partial charge is 0.270 e. The van der Waals surface area contributed by atoms with Gasteiger partial charge in [-0.3, -0.25) is 9.89 Å². The van der Waals surface area contributed by atoms with E-state index in [-0.39, 0.29) is 5.91 Å². The number of hydrogen-bond donors (Lipinski definition) is 1. The van der Waals surface area contributed by atoms with Gasteiger partial charge in [-0.25, -0.2) is 4.98 Å². The molecule has 6 nitrogen and oxygen atoms in total. The fourth-order valence-electron chi connectivity index (χ4n) is 2.19. The zero-order chi connectivity index (χ0) is 13.4. The van der Waals surface area contributed by atoms with Crippen molar-refractivity contribution in [1.82, 2.24) is 24.6 Å². The monoisotopic (exact) mass is 259 g/mol. The largest absolute Gasteiger partial charge is 0.340 e. The highest BCUT2D eigenvalue weighted by atomic mass is 16.2. The molecule has 19 heavy (non-hydrogen) atoms. The van der Waals surface area contributed by atoms with Gasteiger partial charge in [0.2, 0.25) is 0 Å². The number of rotatable bonds is 4. The molecule has 1 amide bonds. The van der Waals surface area contributed by atoms with Gasteiger partial charge in [0.15, 0.2) is 5.82 Å². The molecule has 1 aliphatic carbocycles. The van der Waals surface area contributed by atoms with E-state index in [9.17, 15) is 4.79 Å². The van der Waals surface area contributed by atoms with Crippen LogP contribution in [0.1, 0.15) is 41.0 Å². The maximum absolute atomic E-state index is 12.4. The van der Waals surface area contributed by atoms with Crippen LogP contribution in [0.15, 0.2) is 18.3 Å². The van der Waals surface area contributed by atoms with E-state index in [1.54, 1.807) is 11.9 Å². The van der Waals surface area contributed by atoms with E-state index in [1.807, 2.05) is 25.3 Å². The van der Waals surface area contributed by atoms with E-state index in [1.165, 1.54) is 12.8 Å². The van der Waals surface area contributed by atoms with Crippen LogP contribution in [0, 0.1) is 6.92 Å². The summed E-state index contributed by atoms with van der Waals surface area (Å²) in [5.74, 6) is 1.41. The molecule has 0 spiro atoms. The van der Waals surface area contributed by atoms with Crippen molar-refractivity contribution in [2.45, 2.75) is 32.4 Å². The van der Waals surface area contributed by atoms with Crippen LogP contribution >= 0.6 is 0 Å². The van der Waals surface area contributed by atoms with Gasteiger partial charge in [-0.2, -0.15) is 5.10 Å². The summed E-state index contributed by atoms with van der Waals surface area (Å²) in [6.07, 6.45) is 4.31. The quantitative estimate of drug-likeness (QED) is 0.905. The molecule has 0 unspecified atom stereocenters. The minimum absolute atomic E-state index is 0.0133. The van der Waals surface area contributed by atoms with Crippen LogP contribution in [-0.2, 0) is 6.54 Å². The minimum atomic E-state index is 0.0133. The van der Waals surface area contributed by atoms with Crippen molar-refractivity contribution in [1.29, 1.82) is 0 Å². The number of amides is 1. The van der Waals surface area contributed by atoms with Crippen molar-refractivity contribution in [2.75, 3.05) is 7.05 Å². The number of aromatic nitrogens is 4. The average molecular weight is 259 g/mol. The summed E-state index contributed by atoms with van der Waals surface area (Å²) in [7, 11) is 1.78. The highest BCUT2D eigenvalue weighted by Gasteiger charge is 2.27. The van der Waals surface area contributed by atoms with Gasteiger partial charge in [-0.1, -0.05) is 0 Å². The number of nitrogens with zero attached hydrogens (tertiary/aromatic N) is 4. The van der Waals surface area contributed by atoms with Gasteiger partial charge in [-0.05, 0) is 31.9 Å². The summed E-state index contributed by atoms with van der Waals surface area (Å²) in [6.45, 7) is 2.26. The summed E-state index contributed by atoms with van der Waals surface area (Å²) in [5.41, 5.74) is 0.747. The van der Waals surface area contributed by atoms with Gasteiger partial charge < -0.3 is 9.47 Å². The number of carbonyl (C=O) groups excluding carboxylic acids is 1. The third-order valence-corrected chi connectivity index (χ3v) is 3.31. The lowest BCUT2D eigenvalue weighted by molar-refractivity contribution is 0.0770. The second-order valence-corrected chi connectivity index (χ2v) is 5.03. The van der Waals surface area contributed by atoms with Crippen LogP contribution < -0.4 is 0 Å². The molecule has 3 rings (SSSR count). The van der Waals surface area contributed by atoms with Crippen molar-refractivity contribution >= 4 is 5.91 Å². The number of hydrogen-bond acceptors (Lipinski definition) is 3. The number of aryl methyl sites for hydroxylation is 1. The molecule has 1 fully saturated rings. The van der Waals surface area contributed by atoms with Crippen molar-refractivity contribution < 1.29 is 4.79 Å². The summed E-state index contributed by atoms with van der Waals surface area (Å²) < 4.78 is 2.07. The molecule has 0 bridgehead atoms. The molecule has 6 heteroatoms. The Morgan fingerprint density at radius 3 is 3.00 bits per heavy atom. The van der Waals surface area contributed by atoms with E-state index in [4.69, 9.17) is 0 Å². The van der Waals surface area contributed by atoms with Crippen LogP contribution in [0.2, 0.25) is 0 Å². The Hall–Kier alpha value is -2.11. The van der Waals surface area contributed by atoms with Crippen molar-refractivity contribution in [3.63, 3.8) is 0 Å². The summed E-state index contributed by atoms with van der Waals surface area (Å²) in [4.78, 5) is 18.3. The molecule has 0 atom stereocenters. The Morgan fingerprint density at radius 1 is 1.58 bits per heavy atom. The maximum atomic E-state index is 12.4. The molecule has 0 saturated heterocycles. The Bertz CT molecular complexity index is 596. The molecule has 0 aliphatic heterocycles. The Morgan fingerprint density at radius 2 is 2.37 bits per heavy atom. The lowest BCUT2D eigenvalue weighted by Gasteiger charge is -2.16. The van der Waals surface area contributed by atoms with Gasteiger partial charge in [0.25, 0.3) is 5.91 Å². The van der Waals surface area contributed by atoms with E-state index in [0.29, 0.717) is 18.4 Å². The second-order valence-electron chi connectivity index (χ2n) is 5.03.